The number of carboxylic acids is 1. The Bertz CT molecular complexity index is 560. The number of hydrogen-bond acceptors (Lipinski definition) is 2. The average molecular weight is 222 g/mol. The molecular weight excluding hydrogens is 211 g/mol. The van der Waals surface area contributed by atoms with Gasteiger partial charge in [0.05, 0.1) is 10.9 Å². The fourth-order valence-corrected chi connectivity index (χ4v) is 1.69. The van der Waals surface area contributed by atoms with Crippen molar-refractivity contribution in [1.29, 1.82) is 0 Å². The summed E-state index contributed by atoms with van der Waals surface area (Å²) in [5, 5.41) is 13.3. The van der Waals surface area contributed by atoms with E-state index in [0.717, 1.165) is 0 Å². The van der Waals surface area contributed by atoms with Gasteiger partial charge in [-0.3, -0.25) is 4.68 Å². The van der Waals surface area contributed by atoms with Crippen LogP contribution in [0.25, 0.3) is 10.9 Å². The van der Waals surface area contributed by atoms with Gasteiger partial charge in [0.2, 0.25) is 0 Å². The Kier molecular flexibility index (Phi) is 2.38. The van der Waals surface area contributed by atoms with E-state index in [2.05, 4.69) is 5.10 Å². The van der Waals surface area contributed by atoms with Crippen molar-refractivity contribution in [3.8, 4) is 0 Å². The summed E-state index contributed by atoms with van der Waals surface area (Å²) in [4.78, 5) is 11.1. The van der Waals surface area contributed by atoms with Gasteiger partial charge >= 0.3 is 5.97 Å². The molecule has 0 atom stereocenters. The summed E-state index contributed by atoms with van der Waals surface area (Å²) in [5.41, 5.74) is 0.272. The van der Waals surface area contributed by atoms with Crippen LogP contribution >= 0.6 is 0 Å². The zero-order valence-corrected chi connectivity index (χ0v) is 8.94. The minimum absolute atomic E-state index is 0.0729. The molecule has 0 spiro atoms. The lowest BCUT2D eigenvalue weighted by Gasteiger charge is -2.07. The van der Waals surface area contributed by atoms with Gasteiger partial charge in [-0.2, -0.15) is 5.10 Å². The van der Waals surface area contributed by atoms with Gasteiger partial charge in [0.1, 0.15) is 5.82 Å². The molecule has 0 aliphatic heterocycles. The third-order valence-corrected chi connectivity index (χ3v) is 2.36. The van der Waals surface area contributed by atoms with Crippen LogP contribution in [0, 0.1) is 5.82 Å². The first-order chi connectivity index (χ1) is 7.52. The van der Waals surface area contributed by atoms with Gasteiger partial charge < -0.3 is 5.11 Å². The molecule has 0 aliphatic rings. The minimum Gasteiger partial charge on any atom is -0.477 e. The monoisotopic (exact) mass is 222 g/mol. The summed E-state index contributed by atoms with van der Waals surface area (Å²) in [6, 6.07) is 4.23. The summed E-state index contributed by atoms with van der Waals surface area (Å²) < 4.78 is 14.9. The van der Waals surface area contributed by atoms with Crippen molar-refractivity contribution < 1.29 is 14.3 Å². The second-order valence-corrected chi connectivity index (χ2v) is 3.83. The smallest absolute Gasteiger partial charge is 0.354 e. The summed E-state index contributed by atoms with van der Waals surface area (Å²) in [6.07, 6.45) is 0. The van der Waals surface area contributed by atoms with Gasteiger partial charge in [0.15, 0.2) is 5.69 Å². The fourth-order valence-electron chi connectivity index (χ4n) is 1.69. The van der Waals surface area contributed by atoms with E-state index in [4.69, 9.17) is 5.11 Å². The van der Waals surface area contributed by atoms with Gasteiger partial charge in [-0.1, -0.05) is 6.07 Å². The first-order valence-corrected chi connectivity index (χ1v) is 4.92. The molecule has 16 heavy (non-hydrogen) atoms. The molecule has 0 saturated carbocycles. The van der Waals surface area contributed by atoms with E-state index in [1.54, 1.807) is 19.9 Å². The van der Waals surface area contributed by atoms with E-state index in [9.17, 15) is 9.18 Å². The average Bonchev–Trinajstić information content (AvgIpc) is 2.58. The molecule has 1 aromatic heterocycles. The number of rotatable bonds is 2. The van der Waals surface area contributed by atoms with Gasteiger partial charge in [0.25, 0.3) is 0 Å². The van der Waals surface area contributed by atoms with Crippen molar-refractivity contribution in [2.24, 2.45) is 0 Å². The topological polar surface area (TPSA) is 55.1 Å². The van der Waals surface area contributed by atoms with Crippen LogP contribution in [0.2, 0.25) is 0 Å². The molecule has 0 unspecified atom stereocenters. The summed E-state index contributed by atoms with van der Waals surface area (Å²) in [5.74, 6) is -1.72. The third kappa shape index (κ3) is 1.44. The predicted molar refractivity (Wildman–Crippen MR) is 57.0 cm³/mol. The molecule has 0 aliphatic carbocycles. The molecule has 4 nitrogen and oxygen atoms in total. The highest BCUT2D eigenvalue weighted by atomic mass is 19.1. The Labute approximate surface area is 91.3 Å². The van der Waals surface area contributed by atoms with E-state index in [0.29, 0.717) is 5.52 Å². The maximum Gasteiger partial charge on any atom is 0.354 e. The van der Waals surface area contributed by atoms with E-state index in [1.165, 1.54) is 16.8 Å². The van der Waals surface area contributed by atoms with E-state index in [-0.39, 0.29) is 17.1 Å². The maximum atomic E-state index is 13.6. The minimum atomic E-state index is -1.17. The first-order valence-electron chi connectivity index (χ1n) is 4.92. The molecule has 1 N–H and O–H groups in total. The number of fused-ring (bicyclic) bond motifs is 1. The van der Waals surface area contributed by atoms with Crippen LogP contribution in [-0.2, 0) is 0 Å². The number of aromatic nitrogens is 2. The maximum absolute atomic E-state index is 13.6. The van der Waals surface area contributed by atoms with Crippen molar-refractivity contribution >= 4 is 16.9 Å². The van der Waals surface area contributed by atoms with E-state index in [1.807, 2.05) is 0 Å². The van der Waals surface area contributed by atoms with Gasteiger partial charge in [-0.15, -0.1) is 0 Å². The van der Waals surface area contributed by atoms with Crippen molar-refractivity contribution in [2.75, 3.05) is 0 Å². The molecule has 2 aromatic rings. The van der Waals surface area contributed by atoms with Crippen LogP contribution < -0.4 is 0 Å². The highest BCUT2D eigenvalue weighted by Crippen LogP contribution is 2.24. The number of carboxylic acid groups (broad SMARTS) is 1. The Hall–Kier alpha value is -1.91. The molecule has 5 heteroatoms. The quantitative estimate of drug-likeness (QED) is 0.849. The molecule has 0 amide bonds. The number of carbonyl (C=O) groups is 1. The van der Waals surface area contributed by atoms with Crippen LogP contribution in [0.1, 0.15) is 30.4 Å². The Balaban J connectivity index is 2.88. The fraction of sp³-hybridized carbons (Fsp3) is 0.273. The van der Waals surface area contributed by atoms with Crippen molar-refractivity contribution in [3.63, 3.8) is 0 Å². The molecule has 0 fully saturated rings. The van der Waals surface area contributed by atoms with Gasteiger partial charge in [-0.25, -0.2) is 9.18 Å². The normalized spacial score (nSPS) is 11.2. The van der Waals surface area contributed by atoms with Crippen molar-refractivity contribution in [3.05, 3.63) is 29.7 Å². The molecule has 0 saturated heterocycles. The highest BCUT2D eigenvalue weighted by Gasteiger charge is 2.21. The second-order valence-electron chi connectivity index (χ2n) is 3.83. The summed E-state index contributed by atoms with van der Waals surface area (Å²) in [7, 11) is 0. The third-order valence-electron chi connectivity index (χ3n) is 2.36. The number of aromatic carboxylic acids is 1. The zero-order chi connectivity index (χ0) is 11.9. The SMILES string of the molecule is CC(C)n1nc2cccc(F)c2c1C(=O)O. The number of halogens is 1. The summed E-state index contributed by atoms with van der Waals surface area (Å²) >= 11 is 0. The molecule has 1 aromatic carbocycles. The van der Waals surface area contributed by atoms with Crippen LogP contribution in [0.5, 0.6) is 0 Å². The number of hydrogen-bond donors (Lipinski definition) is 1. The molecule has 1 heterocycles. The second kappa shape index (κ2) is 3.59. The Morgan fingerprint density at radius 1 is 1.50 bits per heavy atom. The van der Waals surface area contributed by atoms with Crippen LogP contribution in [-0.4, -0.2) is 20.9 Å². The highest BCUT2D eigenvalue weighted by molar-refractivity contribution is 6.01. The van der Waals surface area contributed by atoms with Gasteiger partial charge in [0, 0.05) is 6.04 Å². The van der Waals surface area contributed by atoms with Crippen LogP contribution in [0.15, 0.2) is 18.2 Å². The van der Waals surface area contributed by atoms with Crippen molar-refractivity contribution in [1.82, 2.24) is 9.78 Å². The lowest BCUT2D eigenvalue weighted by molar-refractivity contribution is 0.0683. The Morgan fingerprint density at radius 3 is 2.75 bits per heavy atom. The van der Waals surface area contributed by atoms with Crippen LogP contribution in [0.3, 0.4) is 0 Å². The van der Waals surface area contributed by atoms with Crippen LogP contribution in [0.4, 0.5) is 4.39 Å². The zero-order valence-electron chi connectivity index (χ0n) is 8.94. The molecule has 0 radical (unpaired) electrons. The van der Waals surface area contributed by atoms with Gasteiger partial charge in [-0.05, 0) is 26.0 Å². The molecule has 0 bridgehead atoms. The summed E-state index contributed by atoms with van der Waals surface area (Å²) in [6.45, 7) is 3.60. The first kappa shape index (κ1) is 10.6. The standard InChI is InChI=1S/C11H11FN2O2/c1-6(2)14-10(11(15)16)9-7(12)4-3-5-8(9)13-14/h3-6H,1-2H3,(H,15,16). The lowest BCUT2D eigenvalue weighted by Crippen LogP contribution is -2.12. The lowest BCUT2D eigenvalue weighted by atomic mass is 10.2. The molecule has 84 valence electrons. The predicted octanol–water partition coefficient (Wildman–Crippen LogP) is 2.45. The Morgan fingerprint density at radius 2 is 2.19 bits per heavy atom. The largest absolute Gasteiger partial charge is 0.477 e. The van der Waals surface area contributed by atoms with E-state index >= 15 is 0 Å². The molecular formula is C11H11FN2O2. The molecule has 2 rings (SSSR count). The van der Waals surface area contributed by atoms with E-state index < -0.39 is 11.8 Å². The number of nitrogens with zero attached hydrogens (tertiary/aromatic N) is 2. The van der Waals surface area contributed by atoms with Crippen molar-refractivity contribution in [2.45, 2.75) is 19.9 Å². The number of benzene rings is 1.